The summed E-state index contributed by atoms with van der Waals surface area (Å²) in [5, 5.41) is 0.491. The van der Waals surface area contributed by atoms with Crippen LogP contribution >= 0.6 is 11.6 Å². The van der Waals surface area contributed by atoms with Crippen molar-refractivity contribution in [2.75, 3.05) is 19.0 Å². The molecule has 2 aromatic heterocycles. The van der Waals surface area contributed by atoms with Crippen molar-refractivity contribution in [3.8, 4) is 0 Å². The van der Waals surface area contributed by atoms with Gasteiger partial charge in [0.25, 0.3) is 0 Å². The molecule has 2 aromatic rings. The third-order valence-corrected chi connectivity index (χ3v) is 2.28. The molecule has 4 nitrogen and oxygen atoms in total. The highest BCUT2D eigenvalue weighted by Crippen LogP contribution is 2.24. The van der Waals surface area contributed by atoms with E-state index in [1.807, 2.05) is 36.7 Å². The van der Waals surface area contributed by atoms with E-state index < -0.39 is 0 Å². The normalized spacial score (nSPS) is 10.9. The first kappa shape index (κ1) is 9.27. The molecule has 0 radical (unpaired) electrons. The molecule has 0 aliphatic heterocycles. The summed E-state index contributed by atoms with van der Waals surface area (Å²) in [7, 11) is 5.78. The van der Waals surface area contributed by atoms with Crippen molar-refractivity contribution in [1.29, 1.82) is 0 Å². The van der Waals surface area contributed by atoms with Gasteiger partial charge in [-0.1, -0.05) is 11.6 Å². The largest absolute Gasteiger partial charge is 0.361 e. The predicted molar refractivity (Wildman–Crippen MR) is 57.8 cm³/mol. The molecule has 2 rings (SSSR count). The summed E-state index contributed by atoms with van der Waals surface area (Å²) in [5.41, 5.74) is 1.87. The van der Waals surface area contributed by atoms with Crippen LogP contribution in [0.3, 0.4) is 0 Å². The number of anilines is 1. The van der Waals surface area contributed by atoms with Gasteiger partial charge in [0.1, 0.15) is 10.7 Å². The molecule has 0 aliphatic carbocycles. The van der Waals surface area contributed by atoms with E-state index in [9.17, 15) is 0 Å². The summed E-state index contributed by atoms with van der Waals surface area (Å²) in [6.45, 7) is 0. The zero-order valence-electron chi connectivity index (χ0n) is 8.32. The average molecular weight is 211 g/mol. The number of halogens is 1. The Morgan fingerprint density at radius 2 is 2.14 bits per heavy atom. The van der Waals surface area contributed by atoms with Crippen molar-refractivity contribution in [2.45, 2.75) is 0 Å². The zero-order chi connectivity index (χ0) is 10.3. The van der Waals surface area contributed by atoms with Crippen LogP contribution in [0.15, 0.2) is 12.4 Å². The first-order chi connectivity index (χ1) is 6.59. The molecule has 2 heterocycles. The molecule has 0 amide bonds. The van der Waals surface area contributed by atoms with Crippen molar-refractivity contribution in [3.05, 3.63) is 17.5 Å². The maximum Gasteiger partial charge on any atom is 0.158 e. The van der Waals surface area contributed by atoms with Crippen molar-refractivity contribution in [1.82, 2.24) is 14.5 Å². The van der Waals surface area contributed by atoms with Crippen LogP contribution in [0.5, 0.6) is 0 Å². The molecule has 5 heteroatoms. The molecule has 0 fully saturated rings. The Morgan fingerprint density at radius 3 is 2.79 bits per heavy atom. The number of nitrogens with zero attached hydrogens (tertiary/aromatic N) is 4. The van der Waals surface area contributed by atoms with Gasteiger partial charge in [0.15, 0.2) is 5.82 Å². The van der Waals surface area contributed by atoms with E-state index in [-0.39, 0.29) is 0 Å². The number of rotatable bonds is 1. The minimum Gasteiger partial charge on any atom is -0.361 e. The smallest absolute Gasteiger partial charge is 0.158 e. The fourth-order valence-electron chi connectivity index (χ4n) is 1.39. The molecule has 0 atom stereocenters. The van der Waals surface area contributed by atoms with Gasteiger partial charge in [-0.2, -0.15) is 0 Å². The van der Waals surface area contributed by atoms with Crippen LogP contribution in [0.1, 0.15) is 0 Å². The first-order valence-corrected chi connectivity index (χ1v) is 4.62. The van der Waals surface area contributed by atoms with Gasteiger partial charge in [0.05, 0.1) is 11.8 Å². The number of hydrogen-bond acceptors (Lipinski definition) is 3. The van der Waals surface area contributed by atoms with E-state index in [2.05, 4.69) is 9.97 Å². The molecule has 74 valence electrons. The number of fused-ring (bicyclic) bond motifs is 1. The Bertz CT molecular complexity index is 475. The highest BCUT2D eigenvalue weighted by molar-refractivity contribution is 6.30. The summed E-state index contributed by atoms with van der Waals surface area (Å²) in [6, 6.07) is 1.82. The van der Waals surface area contributed by atoms with Gasteiger partial charge in [0, 0.05) is 27.2 Å². The van der Waals surface area contributed by atoms with E-state index in [4.69, 9.17) is 11.6 Å². The minimum atomic E-state index is 0.491. The molecule has 0 N–H and O–H groups in total. The standard InChI is InChI=1S/C9H11ClN4/c1-13(2)9-8-6(4-7(10)12-9)14(3)5-11-8/h4-5H,1-3H3. The first-order valence-electron chi connectivity index (χ1n) is 4.24. The molecule has 0 unspecified atom stereocenters. The Morgan fingerprint density at radius 1 is 1.43 bits per heavy atom. The molecule has 0 saturated heterocycles. The van der Waals surface area contributed by atoms with Crippen molar-refractivity contribution >= 4 is 28.5 Å². The molecular weight excluding hydrogens is 200 g/mol. The minimum absolute atomic E-state index is 0.491. The lowest BCUT2D eigenvalue weighted by atomic mass is 10.3. The number of imidazole rings is 1. The van der Waals surface area contributed by atoms with E-state index in [1.54, 1.807) is 6.33 Å². The molecular formula is C9H11ClN4. The quantitative estimate of drug-likeness (QED) is 0.672. The van der Waals surface area contributed by atoms with E-state index in [0.29, 0.717) is 5.15 Å². The number of hydrogen-bond donors (Lipinski definition) is 0. The van der Waals surface area contributed by atoms with Crippen LogP contribution in [-0.4, -0.2) is 28.6 Å². The molecule has 0 spiro atoms. The summed E-state index contributed by atoms with van der Waals surface area (Å²) in [5.74, 6) is 0.799. The van der Waals surface area contributed by atoms with E-state index in [0.717, 1.165) is 16.9 Å². The SMILES string of the molecule is CN(C)c1nc(Cl)cc2c1ncn2C. The van der Waals surface area contributed by atoms with Crippen LogP contribution < -0.4 is 4.90 Å². The van der Waals surface area contributed by atoms with Gasteiger partial charge in [-0.25, -0.2) is 9.97 Å². The summed E-state index contributed by atoms with van der Waals surface area (Å²) in [6.07, 6.45) is 1.76. The second-order valence-corrected chi connectivity index (χ2v) is 3.77. The molecule has 0 aromatic carbocycles. The number of aromatic nitrogens is 3. The summed E-state index contributed by atoms with van der Waals surface area (Å²) < 4.78 is 1.93. The lowest BCUT2D eigenvalue weighted by Gasteiger charge is -2.11. The van der Waals surface area contributed by atoms with Crippen molar-refractivity contribution in [2.24, 2.45) is 7.05 Å². The maximum absolute atomic E-state index is 5.92. The van der Waals surface area contributed by atoms with Gasteiger partial charge in [-0.05, 0) is 0 Å². The Kier molecular flexibility index (Phi) is 2.07. The average Bonchev–Trinajstić information content (AvgIpc) is 2.47. The molecule has 0 aliphatic rings. The number of aryl methyl sites for hydroxylation is 1. The highest BCUT2D eigenvalue weighted by atomic mass is 35.5. The van der Waals surface area contributed by atoms with Gasteiger partial charge in [-0.3, -0.25) is 0 Å². The Hall–Kier alpha value is -1.29. The monoisotopic (exact) mass is 210 g/mol. The van der Waals surface area contributed by atoms with Crippen LogP contribution in [0.4, 0.5) is 5.82 Å². The Labute approximate surface area is 87.1 Å². The molecule has 0 bridgehead atoms. The van der Waals surface area contributed by atoms with Gasteiger partial charge < -0.3 is 9.47 Å². The fraction of sp³-hybridized carbons (Fsp3) is 0.333. The fourth-order valence-corrected chi connectivity index (χ4v) is 1.58. The second-order valence-electron chi connectivity index (χ2n) is 3.39. The van der Waals surface area contributed by atoms with Gasteiger partial charge in [-0.15, -0.1) is 0 Å². The van der Waals surface area contributed by atoms with E-state index in [1.165, 1.54) is 0 Å². The lowest BCUT2D eigenvalue weighted by Crippen LogP contribution is -2.11. The van der Waals surface area contributed by atoms with Gasteiger partial charge >= 0.3 is 0 Å². The second kappa shape index (κ2) is 3.13. The van der Waals surface area contributed by atoms with Crippen molar-refractivity contribution < 1.29 is 0 Å². The van der Waals surface area contributed by atoms with Crippen LogP contribution in [-0.2, 0) is 7.05 Å². The summed E-state index contributed by atoms with van der Waals surface area (Å²) >= 11 is 5.92. The predicted octanol–water partition coefficient (Wildman–Crippen LogP) is 1.69. The highest BCUT2D eigenvalue weighted by Gasteiger charge is 2.10. The summed E-state index contributed by atoms with van der Waals surface area (Å²) in [4.78, 5) is 10.4. The molecule has 14 heavy (non-hydrogen) atoms. The van der Waals surface area contributed by atoms with Gasteiger partial charge in [0.2, 0.25) is 0 Å². The third kappa shape index (κ3) is 1.32. The maximum atomic E-state index is 5.92. The number of pyridine rings is 1. The van der Waals surface area contributed by atoms with Crippen molar-refractivity contribution in [3.63, 3.8) is 0 Å². The lowest BCUT2D eigenvalue weighted by molar-refractivity contribution is 0.947. The zero-order valence-corrected chi connectivity index (χ0v) is 9.08. The van der Waals surface area contributed by atoms with Crippen LogP contribution in [0, 0.1) is 0 Å². The molecule has 0 saturated carbocycles. The third-order valence-electron chi connectivity index (χ3n) is 2.09. The Balaban J connectivity index is 2.82. The van der Waals surface area contributed by atoms with Crippen LogP contribution in [0.25, 0.3) is 11.0 Å². The van der Waals surface area contributed by atoms with E-state index >= 15 is 0 Å². The van der Waals surface area contributed by atoms with Crippen LogP contribution in [0.2, 0.25) is 5.15 Å². The topological polar surface area (TPSA) is 34.0 Å².